The smallest absolute Gasteiger partial charge is 0.191 e. The molecule has 2 aromatic carbocycles. The van der Waals surface area contributed by atoms with Gasteiger partial charge in [0.25, 0.3) is 0 Å². The predicted molar refractivity (Wildman–Crippen MR) is 130 cm³/mol. The number of guanidine groups is 1. The number of nitrogens with one attached hydrogen (secondary N) is 2. The van der Waals surface area contributed by atoms with Crippen LogP contribution < -0.4 is 24.8 Å². The summed E-state index contributed by atoms with van der Waals surface area (Å²) in [4.78, 5) is 4.25. The highest BCUT2D eigenvalue weighted by Crippen LogP contribution is 2.24. The molecule has 0 aliphatic carbocycles. The minimum atomic E-state index is 0. The third kappa shape index (κ3) is 8.66. The first-order valence-corrected chi connectivity index (χ1v) is 9.56. The Kier molecular flexibility index (Phi) is 12.7. The Morgan fingerprint density at radius 2 is 1.60 bits per heavy atom. The normalized spacial score (nSPS) is 10.7. The van der Waals surface area contributed by atoms with Gasteiger partial charge in [-0.2, -0.15) is 0 Å². The maximum Gasteiger partial charge on any atom is 0.191 e. The van der Waals surface area contributed by atoms with Gasteiger partial charge in [-0.05, 0) is 36.2 Å². The number of hydrogen-bond acceptors (Lipinski definition) is 5. The summed E-state index contributed by atoms with van der Waals surface area (Å²) in [6.07, 6.45) is 0.878. The molecular weight excluding hydrogens is 497 g/mol. The second kappa shape index (κ2) is 14.7. The summed E-state index contributed by atoms with van der Waals surface area (Å²) in [6.45, 7) is 2.62. The summed E-state index contributed by atoms with van der Waals surface area (Å²) >= 11 is 0. The molecule has 0 atom stereocenters. The molecule has 30 heavy (non-hydrogen) atoms. The highest BCUT2D eigenvalue weighted by Gasteiger charge is 2.06. The Labute approximate surface area is 196 Å². The molecule has 0 bridgehead atoms. The van der Waals surface area contributed by atoms with Crippen LogP contribution in [0, 0.1) is 0 Å². The van der Waals surface area contributed by atoms with Crippen LogP contribution in [0.1, 0.15) is 17.5 Å². The van der Waals surface area contributed by atoms with E-state index in [1.807, 2.05) is 42.5 Å². The first-order chi connectivity index (χ1) is 14.2. The van der Waals surface area contributed by atoms with Gasteiger partial charge in [-0.25, -0.2) is 0 Å². The molecule has 0 radical (unpaired) electrons. The van der Waals surface area contributed by atoms with E-state index in [1.165, 1.54) is 0 Å². The van der Waals surface area contributed by atoms with E-state index in [1.54, 1.807) is 28.4 Å². The van der Waals surface area contributed by atoms with E-state index in [0.29, 0.717) is 19.8 Å². The van der Waals surface area contributed by atoms with Crippen LogP contribution in [0.3, 0.4) is 0 Å². The number of halogens is 1. The van der Waals surface area contributed by atoms with Crippen molar-refractivity contribution in [3.05, 3.63) is 53.6 Å². The predicted octanol–water partition coefficient (Wildman–Crippen LogP) is 3.60. The van der Waals surface area contributed by atoms with Crippen molar-refractivity contribution in [2.45, 2.75) is 19.6 Å². The Hall–Kier alpha value is -2.20. The first kappa shape index (κ1) is 25.8. The lowest BCUT2D eigenvalue weighted by molar-refractivity contribution is 0.119. The number of nitrogens with zero attached hydrogens (tertiary/aromatic N) is 1. The zero-order valence-corrected chi connectivity index (χ0v) is 20.4. The molecule has 2 aromatic rings. The van der Waals surface area contributed by atoms with Crippen molar-refractivity contribution >= 4 is 29.9 Å². The minimum Gasteiger partial charge on any atom is -0.497 e. The Morgan fingerprint density at radius 1 is 0.900 bits per heavy atom. The fourth-order valence-corrected chi connectivity index (χ4v) is 2.69. The van der Waals surface area contributed by atoms with Gasteiger partial charge in [0.2, 0.25) is 0 Å². The molecule has 0 amide bonds. The van der Waals surface area contributed by atoms with Gasteiger partial charge >= 0.3 is 0 Å². The summed E-state index contributed by atoms with van der Waals surface area (Å²) in [5.41, 5.74) is 2.16. The maximum absolute atomic E-state index is 5.72. The largest absolute Gasteiger partial charge is 0.497 e. The van der Waals surface area contributed by atoms with Gasteiger partial charge in [-0.3, -0.25) is 4.99 Å². The lowest BCUT2D eigenvalue weighted by Gasteiger charge is -2.14. The zero-order valence-electron chi connectivity index (χ0n) is 18.1. The van der Waals surface area contributed by atoms with Crippen molar-refractivity contribution in [1.29, 1.82) is 0 Å². The number of rotatable bonds is 11. The van der Waals surface area contributed by atoms with Crippen LogP contribution in [0.4, 0.5) is 0 Å². The van der Waals surface area contributed by atoms with Crippen LogP contribution in [0.5, 0.6) is 17.2 Å². The molecule has 2 rings (SSSR count). The number of aliphatic imine (C=N–C) groups is 1. The third-order valence-electron chi connectivity index (χ3n) is 4.35. The molecule has 0 aromatic heterocycles. The van der Waals surface area contributed by atoms with Crippen LogP contribution in [0.2, 0.25) is 0 Å². The molecule has 0 unspecified atom stereocenters. The fourth-order valence-electron chi connectivity index (χ4n) is 2.69. The second-order valence-electron chi connectivity index (χ2n) is 6.28. The van der Waals surface area contributed by atoms with Crippen LogP contribution >= 0.6 is 24.0 Å². The van der Waals surface area contributed by atoms with E-state index in [-0.39, 0.29) is 24.0 Å². The Morgan fingerprint density at radius 3 is 2.23 bits per heavy atom. The summed E-state index contributed by atoms with van der Waals surface area (Å²) in [6, 6.07) is 13.7. The summed E-state index contributed by atoms with van der Waals surface area (Å²) in [5, 5.41) is 6.58. The Balaban J connectivity index is 0.00000450. The van der Waals surface area contributed by atoms with Crippen LogP contribution in [0.15, 0.2) is 47.5 Å². The average molecular weight is 529 g/mol. The first-order valence-electron chi connectivity index (χ1n) is 9.56. The number of methoxy groups -OCH3 is 3. The van der Waals surface area contributed by atoms with Gasteiger partial charge in [-0.1, -0.05) is 12.1 Å². The highest BCUT2D eigenvalue weighted by atomic mass is 127. The molecule has 8 heteroatoms. The van der Waals surface area contributed by atoms with Gasteiger partial charge in [0.05, 0.1) is 27.9 Å². The lowest BCUT2D eigenvalue weighted by atomic mass is 10.2. The number of hydrogen-bond donors (Lipinski definition) is 2. The molecule has 0 aliphatic rings. The molecule has 0 saturated carbocycles. The molecule has 0 heterocycles. The van der Waals surface area contributed by atoms with Gasteiger partial charge < -0.3 is 29.6 Å². The zero-order chi connectivity index (χ0) is 20.9. The third-order valence-corrected chi connectivity index (χ3v) is 4.35. The van der Waals surface area contributed by atoms with E-state index in [4.69, 9.17) is 18.9 Å². The molecule has 0 spiro atoms. The Bertz CT molecular complexity index is 769. The molecule has 0 aliphatic heterocycles. The van der Waals surface area contributed by atoms with Gasteiger partial charge in [0.15, 0.2) is 5.96 Å². The van der Waals surface area contributed by atoms with E-state index < -0.39 is 0 Å². The fraction of sp³-hybridized carbons (Fsp3) is 0.409. The minimum absolute atomic E-state index is 0. The molecule has 0 saturated heterocycles. The standard InChI is InChI=1S/C22H31N3O4.HI/c1-23-22(25-15-18-8-11-20(27-3)14-21(18)28-4)24-12-5-13-29-16-17-6-9-19(26-2)10-7-17;/h6-11,14H,5,12-13,15-16H2,1-4H3,(H2,23,24,25);1H. The van der Waals surface area contributed by atoms with Gasteiger partial charge in [0, 0.05) is 38.4 Å². The van der Waals surface area contributed by atoms with Crippen molar-refractivity contribution in [1.82, 2.24) is 10.6 Å². The monoisotopic (exact) mass is 529 g/mol. The summed E-state index contributed by atoms with van der Waals surface area (Å²) in [5.74, 6) is 3.13. The number of ether oxygens (including phenoxy) is 4. The van der Waals surface area contributed by atoms with Crippen LogP contribution in [0.25, 0.3) is 0 Å². The maximum atomic E-state index is 5.72. The van der Waals surface area contributed by atoms with E-state index in [2.05, 4.69) is 15.6 Å². The van der Waals surface area contributed by atoms with E-state index in [0.717, 1.165) is 47.3 Å². The highest BCUT2D eigenvalue weighted by molar-refractivity contribution is 14.0. The van der Waals surface area contributed by atoms with Crippen LogP contribution in [-0.2, 0) is 17.9 Å². The lowest BCUT2D eigenvalue weighted by Crippen LogP contribution is -2.37. The van der Waals surface area contributed by atoms with Crippen LogP contribution in [-0.4, -0.2) is 47.5 Å². The molecule has 0 fully saturated rings. The molecule has 7 nitrogen and oxygen atoms in total. The number of benzene rings is 2. The van der Waals surface area contributed by atoms with Crippen molar-refractivity contribution in [2.24, 2.45) is 4.99 Å². The second-order valence-corrected chi connectivity index (χ2v) is 6.28. The quantitative estimate of drug-likeness (QED) is 0.201. The molecule has 2 N–H and O–H groups in total. The average Bonchev–Trinajstić information content (AvgIpc) is 2.78. The summed E-state index contributed by atoms with van der Waals surface area (Å²) in [7, 11) is 6.70. The van der Waals surface area contributed by atoms with Crippen molar-refractivity contribution in [3.8, 4) is 17.2 Å². The van der Waals surface area contributed by atoms with E-state index >= 15 is 0 Å². The SMILES string of the molecule is CN=C(NCCCOCc1ccc(OC)cc1)NCc1ccc(OC)cc1OC.I. The molecular formula is C22H32IN3O4. The van der Waals surface area contributed by atoms with Crippen molar-refractivity contribution in [3.63, 3.8) is 0 Å². The van der Waals surface area contributed by atoms with E-state index in [9.17, 15) is 0 Å². The van der Waals surface area contributed by atoms with Gasteiger partial charge in [-0.15, -0.1) is 24.0 Å². The van der Waals surface area contributed by atoms with Crippen molar-refractivity contribution < 1.29 is 18.9 Å². The van der Waals surface area contributed by atoms with Crippen molar-refractivity contribution in [2.75, 3.05) is 41.5 Å². The molecule has 166 valence electrons. The topological polar surface area (TPSA) is 73.3 Å². The van der Waals surface area contributed by atoms with Gasteiger partial charge in [0.1, 0.15) is 17.2 Å². The summed E-state index contributed by atoms with van der Waals surface area (Å²) < 4.78 is 21.5.